The topological polar surface area (TPSA) is 52.6 Å². The molecule has 0 heterocycles. The number of carbonyl (C=O) groups is 2. The number of carbonyl (C=O) groups excluding carboxylic acids is 2. The highest BCUT2D eigenvalue weighted by Crippen LogP contribution is 2.10. The fraction of sp³-hybridized carbons (Fsp3) is 0.625. The first-order valence-corrected chi connectivity index (χ1v) is 7.06. The second-order valence-corrected chi connectivity index (χ2v) is 4.75. The lowest BCUT2D eigenvalue weighted by molar-refractivity contribution is -0.143. The third-order valence-electron chi connectivity index (χ3n) is 2.78. The van der Waals surface area contributed by atoms with Gasteiger partial charge in [0.2, 0.25) is 0 Å². The Labute approximate surface area is 121 Å². The maximum absolute atomic E-state index is 11.2. The molecular weight excluding hydrogens is 256 g/mol. The van der Waals surface area contributed by atoms with Crippen LogP contribution in [0.5, 0.6) is 0 Å². The fourth-order valence-electron chi connectivity index (χ4n) is 1.58. The molecule has 0 atom stereocenters. The van der Waals surface area contributed by atoms with Gasteiger partial charge in [0.15, 0.2) is 0 Å². The molecular formula is C16H26O4. The molecule has 0 aromatic heterocycles. The molecule has 0 saturated carbocycles. The van der Waals surface area contributed by atoms with Gasteiger partial charge in [-0.05, 0) is 46.1 Å². The van der Waals surface area contributed by atoms with E-state index in [2.05, 4.69) is 6.08 Å². The minimum Gasteiger partial charge on any atom is -0.466 e. The van der Waals surface area contributed by atoms with Crippen LogP contribution in [0.4, 0.5) is 0 Å². The fourth-order valence-corrected chi connectivity index (χ4v) is 1.58. The standard InChI is InChI=1S/C16H26O4/c1-5-19-16(18)10-9-13(2)7-6-8-14(3)11-12-20-15(4)17/h7,11H,5-6,8-10,12H2,1-4H3/b13-7+,14-11+. The molecule has 0 aliphatic rings. The number of ether oxygens (including phenoxy) is 2. The van der Waals surface area contributed by atoms with E-state index in [1.807, 2.05) is 26.8 Å². The molecule has 114 valence electrons. The molecule has 0 rings (SSSR count). The zero-order chi connectivity index (χ0) is 15.4. The van der Waals surface area contributed by atoms with Gasteiger partial charge >= 0.3 is 11.9 Å². The van der Waals surface area contributed by atoms with Crippen LogP contribution in [-0.2, 0) is 19.1 Å². The van der Waals surface area contributed by atoms with Crippen LogP contribution in [0.3, 0.4) is 0 Å². The molecule has 0 amide bonds. The number of allylic oxidation sites excluding steroid dienone is 3. The predicted octanol–water partition coefficient (Wildman–Crippen LogP) is 3.57. The molecule has 0 aromatic carbocycles. The molecule has 0 spiro atoms. The van der Waals surface area contributed by atoms with Gasteiger partial charge < -0.3 is 9.47 Å². The van der Waals surface area contributed by atoms with Crippen LogP contribution in [-0.4, -0.2) is 25.2 Å². The van der Waals surface area contributed by atoms with Crippen molar-refractivity contribution in [3.8, 4) is 0 Å². The molecule has 0 fully saturated rings. The van der Waals surface area contributed by atoms with Gasteiger partial charge in [-0.2, -0.15) is 0 Å². The van der Waals surface area contributed by atoms with E-state index in [0.717, 1.165) is 19.3 Å². The predicted molar refractivity (Wildman–Crippen MR) is 79.2 cm³/mol. The van der Waals surface area contributed by atoms with Crippen LogP contribution in [0.1, 0.15) is 53.4 Å². The molecule has 20 heavy (non-hydrogen) atoms. The molecule has 0 N–H and O–H groups in total. The summed E-state index contributed by atoms with van der Waals surface area (Å²) in [5, 5.41) is 0. The summed E-state index contributed by atoms with van der Waals surface area (Å²) in [6.07, 6.45) is 7.10. The van der Waals surface area contributed by atoms with Crippen LogP contribution in [0.25, 0.3) is 0 Å². The minimum atomic E-state index is -0.260. The third-order valence-corrected chi connectivity index (χ3v) is 2.78. The van der Waals surface area contributed by atoms with Gasteiger partial charge in [0.05, 0.1) is 6.61 Å². The molecule has 0 saturated heterocycles. The largest absolute Gasteiger partial charge is 0.466 e. The van der Waals surface area contributed by atoms with Crippen molar-refractivity contribution in [3.63, 3.8) is 0 Å². The van der Waals surface area contributed by atoms with E-state index in [0.29, 0.717) is 19.6 Å². The summed E-state index contributed by atoms with van der Waals surface area (Å²) in [6, 6.07) is 0. The Bertz CT molecular complexity index is 367. The van der Waals surface area contributed by atoms with Crippen LogP contribution < -0.4 is 0 Å². The van der Waals surface area contributed by atoms with E-state index < -0.39 is 0 Å². The SMILES string of the molecule is CCOC(=O)CC/C(C)=C/CC/C(C)=C/COC(C)=O. The Hall–Kier alpha value is -1.58. The van der Waals surface area contributed by atoms with Gasteiger partial charge in [-0.3, -0.25) is 9.59 Å². The van der Waals surface area contributed by atoms with E-state index in [1.165, 1.54) is 18.1 Å². The number of hydrogen-bond acceptors (Lipinski definition) is 4. The van der Waals surface area contributed by atoms with E-state index in [1.54, 1.807) is 0 Å². The van der Waals surface area contributed by atoms with Gasteiger partial charge in [0.25, 0.3) is 0 Å². The first kappa shape index (κ1) is 18.4. The highest BCUT2D eigenvalue weighted by molar-refractivity contribution is 5.69. The van der Waals surface area contributed by atoms with Gasteiger partial charge in [-0.1, -0.05) is 17.2 Å². The highest BCUT2D eigenvalue weighted by atomic mass is 16.5. The van der Waals surface area contributed by atoms with Gasteiger partial charge in [-0.25, -0.2) is 0 Å². The second kappa shape index (κ2) is 11.3. The summed E-state index contributed by atoms with van der Waals surface area (Å²) in [4.78, 5) is 21.8. The van der Waals surface area contributed by atoms with Crippen LogP contribution >= 0.6 is 0 Å². The molecule has 0 bridgehead atoms. The van der Waals surface area contributed by atoms with Crippen LogP contribution in [0.15, 0.2) is 23.3 Å². The Morgan fingerprint density at radius 3 is 2.15 bits per heavy atom. The molecule has 0 aliphatic heterocycles. The number of hydrogen-bond donors (Lipinski definition) is 0. The van der Waals surface area contributed by atoms with E-state index in [4.69, 9.17) is 9.47 Å². The monoisotopic (exact) mass is 282 g/mol. The van der Waals surface area contributed by atoms with Crippen LogP contribution in [0.2, 0.25) is 0 Å². The molecule has 4 heteroatoms. The quantitative estimate of drug-likeness (QED) is 0.479. The van der Waals surface area contributed by atoms with E-state index >= 15 is 0 Å². The van der Waals surface area contributed by atoms with Gasteiger partial charge in [-0.15, -0.1) is 0 Å². The summed E-state index contributed by atoms with van der Waals surface area (Å²) in [7, 11) is 0. The summed E-state index contributed by atoms with van der Waals surface area (Å²) in [6.45, 7) is 8.04. The Morgan fingerprint density at radius 1 is 0.900 bits per heavy atom. The molecule has 0 aliphatic carbocycles. The summed E-state index contributed by atoms with van der Waals surface area (Å²) in [5.74, 6) is -0.401. The van der Waals surface area contributed by atoms with Crippen molar-refractivity contribution < 1.29 is 19.1 Å². The Morgan fingerprint density at radius 2 is 1.55 bits per heavy atom. The highest BCUT2D eigenvalue weighted by Gasteiger charge is 2.01. The maximum atomic E-state index is 11.2. The molecule has 4 nitrogen and oxygen atoms in total. The summed E-state index contributed by atoms with van der Waals surface area (Å²) in [5.41, 5.74) is 2.39. The number of esters is 2. The van der Waals surface area contributed by atoms with Crippen molar-refractivity contribution in [2.45, 2.75) is 53.4 Å². The maximum Gasteiger partial charge on any atom is 0.306 e. The summed E-state index contributed by atoms with van der Waals surface area (Å²) >= 11 is 0. The van der Waals surface area contributed by atoms with Crippen molar-refractivity contribution in [1.82, 2.24) is 0 Å². The smallest absolute Gasteiger partial charge is 0.306 e. The zero-order valence-electron chi connectivity index (χ0n) is 13.0. The molecule has 0 unspecified atom stereocenters. The Kier molecular flexibility index (Phi) is 10.4. The van der Waals surface area contributed by atoms with E-state index in [-0.39, 0.29) is 11.9 Å². The lowest BCUT2D eigenvalue weighted by atomic mass is 10.1. The minimum absolute atomic E-state index is 0.141. The van der Waals surface area contributed by atoms with Crippen LogP contribution in [0, 0.1) is 0 Å². The summed E-state index contributed by atoms with van der Waals surface area (Å²) < 4.78 is 9.73. The zero-order valence-corrected chi connectivity index (χ0v) is 13.0. The first-order chi connectivity index (χ1) is 9.45. The van der Waals surface area contributed by atoms with Gasteiger partial charge in [0, 0.05) is 13.3 Å². The van der Waals surface area contributed by atoms with E-state index in [9.17, 15) is 9.59 Å². The van der Waals surface area contributed by atoms with Crippen molar-refractivity contribution in [3.05, 3.63) is 23.3 Å². The van der Waals surface area contributed by atoms with Gasteiger partial charge in [0.1, 0.15) is 6.61 Å². The first-order valence-electron chi connectivity index (χ1n) is 7.06. The Balaban J connectivity index is 3.86. The molecule has 0 radical (unpaired) electrons. The normalized spacial score (nSPS) is 12.2. The third kappa shape index (κ3) is 11.5. The lowest BCUT2D eigenvalue weighted by Crippen LogP contribution is -2.03. The molecule has 0 aromatic rings. The lowest BCUT2D eigenvalue weighted by Gasteiger charge is -2.03. The van der Waals surface area contributed by atoms with Crippen molar-refractivity contribution in [2.75, 3.05) is 13.2 Å². The van der Waals surface area contributed by atoms with Crippen molar-refractivity contribution >= 4 is 11.9 Å². The van der Waals surface area contributed by atoms with Crippen molar-refractivity contribution in [1.29, 1.82) is 0 Å². The van der Waals surface area contributed by atoms with Crippen molar-refractivity contribution in [2.24, 2.45) is 0 Å². The number of rotatable bonds is 9. The average molecular weight is 282 g/mol. The average Bonchev–Trinajstić information content (AvgIpc) is 2.36. The second-order valence-electron chi connectivity index (χ2n) is 4.75.